The summed E-state index contributed by atoms with van der Waals surface area (Å²) in [4.78, 5) is 67.6. The molecule has 2 fully saturated rings. The number of H-pyrrole nitrogens is 1. The number of rotatable bonds is 9. The van der Waals surface area contributed by atoms with E-state index in [2.05, 4.69) is 15.6 Å². The highest BCUT2D eigenvalue weighted by Crippen LogP contribution is 2.52. The van der Waals surface area contributed by atoms with Crippen LogP contribution in [0.15, 0.2) is 52.1 Å². The lowest BCUT2D eigenvalue weighted by atomic mass is 9.85. The number of likely N-dealkylation sites (tertiary alicyclic amines) is 1. The van der Waals surface area contributed by atoms with Gasteiger partial charge in [0.2, 0.25) is 17.7 Å². The molecule has 3 N–H and O–H groups in total. The number of methoxy groups -OCH3 is 1. The molecule has 4 unspecified atom stereocenters. The number of ether oxygens (including phenoxy) is 1. The molecule has 2 bridgehead atoms. The number of imide groups is 1. The average molecular weight is 494 g/mol. The van der Waals surface area contributed by atoms with Crippen molar-refractivity contribution in [1.82, 2.24) is 14.5 Å². The Bertz CT molecular complexity index is 1320. The van der Waals surface area contributed by atoms with Gasteiger partial charge < -0.3 is 15.4 Å². The monoisotopic (exact) mass is 493 g/mol. The van der Waals surface area contributed by atoms with E-state index in [9.17, 15) is 24.0 Å². The Morgan fingerprint density at radius 1 is 1.06 bits per heavy atom. The van der Waals surface area contributed by atoms with Crippen LogP contribution >= 0.6 is 0 Å². The molecular weight excluding hydrogens is 466 g/mol. The molecule has 1 saturated heterocycles. The highest BCUT2D eigenvalue weighted by Gasteiger charge is 2.59. The second-order valence-electron chi connectivity index (χ2n) is 9.28. The standard InChI is InChI=1S/C25H27N5O6/c1-36-10-9-29-21(20(22(32)28-25(29)35)26-12-14-5-3-2-4-6-14)27-17(31)13-30-23(33)18-15-7-8-16(11-15)19(18)24(30)34/h2-8,15-16,18-19,26H,9-13H2,1H3,(H,27,31)(H,28,32,35). The summed E-state index contributed by atoms with van der Waals surface area (Å²) in [5, 5.41) is 5.60. The summed E-state index contributed by atoms with van der Waals surface area (Å²) in [7, 11) is 1.47. The maximum absolute atomic E-state index is 13.1. The SMILES string of the molecule is COCCn1c(NC(=O)CN2C(=O)C3C4C=CC(C4)C3C2=O)c(NCc2ccccc2)c(=O)[nH]c1=O. The molecule has 1 aromatic heterocycles. The van der Waals surface area contributed by atoms with Gasteiger partial charge in [0.1, 0.15) is 18.1 Å². The molecule has 36 heavy (non-hydrogen) atoms. The number of benzene rings is 1. The third-order valence-electron chi connectivity index (χ3n) is 7.15. The molecule has 11 nitrogen and oxygen atoms in total. The maximum atomic E-state index is 13.1. The molecule has 2 aromatic rings. The minimum atomic E-state index is -0.719. The smallest absolute Gasteiger partial charge is 0.330 e. The van der Waals surface area contributed by atoms with Crippen LogP contribution in [0, 0.1) is 23.7 Å². The Kier molecular flexibility index (Phi) is 6.31. The molecule has 11 heteroatoms. The second kappa shape index (κ2) is 9.57. The maximum Gasteiger partial charge on any atom is 0.330 e. The number of hydrogen-bond donors (Lipinski definition) is 3. The summed E-state index contributed by atoms with van der Waals surface area (Å²) in [6.07, 6.45) is 4.76. The molecule has 0 spiro atoms. The van der Waals surface area contributed by atoms with Crippen molar-refractivity contribution in [2.45, 2.75) is 19.5 Å². The fourth-order valence-corrected chi connectivity index (χ4v) is 5.48. The predicted octanol–water partition coefficient (Wildman–Crippen LogP) is 0.541. The molecule has 2 aliphatic carbocycles. The number of amides is 3. The van der Waals surface area contributed by atoms with Crippen molar-refractivity contribution >= 4 is 29.2 Å². The highest BCUT2D eigenvalue weighted by molar-refractivity contribution is 6.09. The first-order chi connectivity index (χ1) is 17.4. The summed E-state index contributed by atoms with van der Waals surface area (Å²) in [6.45, 7) is -0.0251. The van der Waals surface area contributed by atoms with Crippen LogP contribution in [-0.4, -0.2) is 52.4 Å². The van der Waals surface area contributed by atoms with Gasteiger partial charge in [-0.1, -0.05) is 42.5 Å². The van der Waals surface area contributed by atoms with Crippen LogP contribution in [0.5, 0.6) is 0 Å². The second-order valence-corrected chi connectivity index (χ2v) is 9.28. The molecule has 3 aliphatic rings. The zero-order chi connectivity index (χ0) is 25.4. The van der Waals surface area contributed by atoms with Gasteiger partial charge in [-0.3, -0.25) is 33.6 Å². The van der Waals surface area contributed by atoms with E-state index in [0.29, 0.717) is 0 Å². The van der Waals surface area contributed by atoms with Crippen molar-refractivity contribution in [3.8, 4) is 0 Å². The number of carbonyl (C=O) groups excluding carboxylic acids is 3. The lowest BCUT2D eigenvalue weighted by Gasteiger charge is -2.20. The number of nitrogens with one attached hydrogen (secondary N) is 3. The van der Waals surface area contributed by atoms with Crippen molar-refractivity contribution in [1.29, 1.82) is 0 Å². The van der Waals surface area contributed by atoms with Gasteiger partial charge in [-0.05, 0) is 23.8 Å². The van der Waals surface area contributed by atoms with Gasteiger partial charge in [-0.15, -0.1) is 0 Å². The fourth-order valence-electron chi connectivity index (χ4n) is 5.48. The molecular formula is C25H27N5O6. The third kappa shape index (κ3) is 4.15. The summed E-state index contributed by atoms with van der Waals surface area (Å²) in [5.41, 5.74) is -0.554. The number of aromatic nitrogens is 2. The van der Waals surface area contributed by atoms with E-state index >= 15 is 0 Å². The van der Waals surface area contributed by atoms with Crippen LogP contribution in [0.1, 0.15) is 12.0 Å². The number of fused-ring (bicyclic) bond motifs is 5. The lowest BCUT2D eigenvalue weighted by molar-refractivity contribution is -0.143. The first-order valence-electron chi connectivity index (χ1n) is 11.9. The van der Waals surface area contributed by atoms with E-state index in [0.717, 1.165) is 16.9 Å². The minimum Gasteiger partial charge on any atom is -0.383 e. The molecule has 1 aliphatic heterocycles. The predicted molar refractivity (Wildman–Crippen MR) is 130 cm³/mol. The largest absolute Gasteiger partial charge is 0.383 e. The van der Waals surface area contributed by atoms with Crippen LogP contribution in [-0.2, 0) is 32.2 Å². The molecule has 2 heterocycles. The van der Waals surface area contributed by atoms with Crippen LogP contribution < -0.4 is 21.9 Å². The Hall–Kier alpha value is -3.99. The first kappa shape index (κ1) is 23.7. The van der Waals surface area contributed by atoms with Crippen LogP contribution in [0.2, 0.25) is 0 Å². The van der Waals surface area contributed by atoms with Gasteiger partial charge in [-0.25, -0.2) is 4.79 Å². The Balaban J connectivity index is 1.39. The summed E-state index contributed by atoms with van der Waals surface area (Å²) in [5.74, 6) is -2.19. The number of nitrogens with zero attached hydrogens (tertiary/aromatic N) is 2. The molecule has 1 saturated carbocycles. The van der Waals surface area contributed by atoms with E-state index in [-0.39, 0.29) is 54.9 Å². The molecule has 4 atom stereocenters. The van der Waals surface area contributed by atoms with Gasteiger partial charge in [0.25, 0.3) is 5.56 Å². The van der Waals surface area contributed by atoms with E-state index < -0.39 is 35.5 Å². The van der Waals surface area contributed by atoms with Gasteiger partial charge in [0.05, 0.1) is 25.0 Å². The van der Waals surface area contributed by atoms with Gasteiger partial charge >= 0.3 is 5.69 Å². The Morgan fingerprint density at radius 2 is 1.72 bits per heavy atom. The van der Waals surface area contributed by atoms with Crippen LogP contribution in [0.4, 0.5) is 11.5 Å². The van der Waals surface area contributed by atoms with Crippen LogP contribution in [0.3, 0.4) is 0 Å². The number of aromatic amines is 1. The summed E-state index contributed by atoms with van der Waals surface area (Å²) < 4.78 is 6.26. The zero-order valence-electron chi connectivity index (χ0n) is 19.7. The van der Waals surface area contributed by atoms with Crippen molar-refractivity contribution in [2.24, 2.45) is 23.7 Å². The first-order valence-corrected chi connectivity index (χ1v) is 11.9. The summed E-state index contributed by atoms with van der Waals surface area (Å²) >= 11 is 0. The van der Waals surface area contributed by atoms with Gasteiger partial charge in [0, 0.05) is 13.7 Å². The number of allylic oxidation sites excluding steroid dienone is 2. The van der Waals surface area contributed by atoms with E-state index in [4.69, 9.17) is 4.74 Å². The fraction of sp³-hybridized carbons (Fsp3) is 0.400. The van der Waals surface area contributed by atoms with E-state index in [1.54, 1.807) is 0 Å². The number of hydrogen-bond acceptors (Lipinski definition) is 7. The van der Waals surface area contributed by atoms with E-state index in [1.165, 1.54) is 11.7 Å². The Morgan fingerprint density at radius 3 is 2.36 bits per heavy atom. The van der Waals surface area contributed by atoms with Crippen molar-refractivity contribution in [3.05, 3.63) is 68.9 Å². The molecule has 3 amide bonds. The Labute approximate surface area is 206 Å². The van der Waals surface area contributed by atoms with Crippen LogP contribution in [0.25, 0.3) is 0 Å². The summed E-state index contributed by atoms with van der Waals surface area (Å²) in [6, 6.07) is 9.30. The lowest BCUT2D eigenvalue weighted by Crippen LogP contribution is -2.41. The van der Waals surface area contributed by atoms with Crippen molar-refractivity contribution < 1.29 is 19.1 Å². The average Bonchev–Trinajstić information content (AvgIpc) is 3.54. The molecule has 188 valence electrons. The third-order valence-corrected chi connectivity index (χ3v) is 7.15. The number of carbonyl (C=O) groups is 3. The van der Waals surface area contributed by atoms with Gasteiger partial charge in [-0.2, -0.15) is 0 Å². The van der Waals surface area contributed by atoms with Crippen molar-refractivity contribution in [3.63, 3.8) is 0 Å². The quantitative estimate of drug-likeness (QED) is 0.342. The highest BCUT2D eigenvalue weighted by atomic mass is 16.5. The van der Waals surface area contributed by atoms with Gasteiger partial charge in [0.15, 0.2) is 0 Å². The number of anilines is 2. The minimum absolute atomic E-state index is 0.0129. The molecule has 1 aromatic carbocycles. The molecule has 0 radical (unpaired) electrons. The zero-order valence-corrected chi connectivity index (χ0v) is 19.7. The topological polar surface area (TPSA) is 143 Å². The molecule has 5 rings (SSSR count). The normalized spacial score (nSPS) is 23.9. The van der Waals surface area contributed by atoms with E-state index in [1.807, 2.05) is 42.5 Å². The van der Waals surface area contributed by atoms with Crippen molar-refractivity contribution in [2.75, 3.05) is 30.9 Å².